The van der Waals surface area contributed by atoms with Crippen molar-refractivity contribution in [1.82, 2.24) is 20.3 Å². The fourth-order valence-corrected chi connectivity index (χ4v) is 5.84. The molecule has 2 saturated heterocycles. The summed E-state index contributed by atoms with van der Waals surface area (Å²) in [6.45, 7) is 3.07. The summed E-state index contributed by atoms with van der Waals surface area (Å²) in [4.78, 5) is 35.5. The number of carboxylic acid groups (broad SMARTS) is 1. The summed E-state index contributed by atoms with van der Waals surface area (Å²) < 4.78 is 70.4. The second-order valence-corrected chi connectivity index (χ2v) is 12.4. The van der Waals surface area contributed by atoms with Gasteiger partial charge in [0.15, 0.2) is 0 Å². The van der Waals surface area contributed by atoms with Crippen LogP contribution in [-0.4, -0.2) is 107 Å². The Morgan fingerprint density at radius 3 is 2.38 bits per heavy atom. The van der Waals surface area contributed by atoms with E-state index in [0.717, 1.165) is 6.54 Å². The monoisotopic (exact) mass is 620 g/mol. The standard InChI is InChI=1S/C24H34N4O6S.C2HF3O2/c1-28-11-2-3-12-34-18-23(7-10-25-16-23)22(30)26-17-24(8-13-33-14-9-24)27-21(29)19-5-4-6-20(15-19)35(28,31)32;3-2(4,5)1(6)7/h2-6,15,25H,7-14,16-18H2,1H3,(H,26,30)(H,27,29);(H,6,7)/b3-2-;. The van der Waals surface area contributed by atoms with Crippen molar-refractivity contribution in [3.8, 4) is 0 Å². The van der Waals surface area contributed by atoms with Crippen molar-refractivity contribution in [1.29, 1.82) is 0 Å². The molecule has 0 saturated carbocycles. The summed E-state index contributed by atoms with van der Waals surface area (Å²) >= 11 is 0. The number of fused-ring (bicyclic) bond motifs is 2. The number of benzene rings is 1. The lowest BCUT2D eigenvalue weighted by atomic mass is 9.85. The summed E-state index contributed by atoms with van der Waals surface area (Å²) in [6, 6.07) is 6.02. The van der Waals surface area contributed by atoms with E-state index in [-0.39, 0.29) is 48.6 Å². The minimum absolute atomic E-state index is 0.0448. The predicted octanol–water partition coefficient (Wildman–Crippen LogP) is 0.902. The van der Waals surface area contributed by atoms with Crippen molar-refractivity contribution in [3.63, 3.8) is 0 Å². The maximum atomic E-state index is 13.3. The molecule has 2 fully saturated rings. The molecule has 0 aliphatic carbocycles. The smallest absolute Gasteiger partial charge is 0.475 e. The van der Waals surface area contributed by atoms with Crippen molar-refractivity contribution in [3.05, 3.63) is 42.0 Å². The Labute approximate surface area is 241 Å². The molecule has 2 amide bonds. The Balaban J connectivity index is 0.000000616. The van der Waals surface area contributed by atoms with Crippen LogP contribution in [0.25, 0.3) is 0 Å². The number of nitrogens with one attached hydrogen (secondary N) is 3. The van der Waals surface area contributed by atoms with Crippen LogP contribution in [0, 0.1) is 5.41 Å². The molecular formula is C26H35F3N4O8S. The van der Waals surface area contributed by atoms with Crippen molar-refractivity contribution >= 4 is 27.8 Å². The van der Waals surface area contributed by atoms with Crippen LogP contribution in [0.2, 0.25) is 0 Å². The van der Waals surface area contributed by atoms with Crippen LogP contribution in [0.1, 0.15) is 29.6 Å². The van der Waals surface area contributed by atoms with Crippen LogP contribution >= 0.6 is 0 Å². The second kappa shape index (κ2) is 13.9. The average Bonchev–Trinajstić information content (AvgIpc) is 3.43. The number of aliphatic carboxylic acids is 1. The molecule has 4 N–H and O–H groups in total. The Bertz CT molecular complexity index is 1260. The van der Waals surface area contributed by atoms with E-state index in [9.17, 15) is 31.2 Å². The number of likely N-dealkylation sites (N-methyl/N-ethyl adjacent to an activating group) is 1. The van der Waals surface area contributed by atoms with E-state index in [4.69, 9.17) is 19.4 Å². The molecule has 4 rings (SSSR count). The van der Waals surface area contributed by atoms with Crippen LogP contribution < -0.4 is 16.0 Å². The molecule has 1 atom stereocenters. The maximum absolute atomic E-state index is 13.3. The van der Waals surface area contributed by atoms with Gasteiger partial charge in [0.25, 0.3) is 5.91 Å². The van der Waals surface area contributed by atoms with Gasteiger partial charge < -0.3 is 30.5 Å². The highest BCUT2D eigenvalue weighted by molar-refractivity contribution is 7.89. The van der Waals surface area contributed by atoms with Crippen LogP contribution in [0.15, 0.2) is 41.3 Å². The van der Waals surface area contributed by atoms with Gasteiger partial charge in [0, 0.05) is 45.5 Å². The first kappa shape index (κ1) is 33.5. The highest BCUT2D eigenvalue weighted by Gasteiger charge is 2.43. The van der Waals surface area contributed by atoms with Gasteiger partial charge in [-0.2, -0.15) is 17.5 Å². The van der Waals surface area contributed by atoms with Gasteiger partial charge in [-0.05, 0) is 44.0 Å². The number of carboxylic acids is 1. The summed E-state index contributed by atoms with van der Waals surface area (Å²) in [5.74, 6) is -3.24. The molecule has 3 aliphatic rings. The van der Waals surface area contributed by atoms with Crippen molar-refractivity contribution in [2.45, 2.75) is 35.9 Å². The Morgan fingerprint density at radius 2 is 1.76 bits per heavy atom. The number of sulfonamides is 1. The first-order valence-corrected chi connectivity index (χ1v) is 14.6. The molecule has 0 aromatic heterocycles. The lowest BCUT2D eigenvalue weighted by Crippen LogP contribution is -2.60. The molecule has 12 nitrogen and oxygen atoms in total. The minimum atomic E-state index is -5.08. The summed E-state index contributed by atoms with van der Waals surface area (Å²) in [5.41, 5.74) is -1.14. The molecule has 0 radical (unpaired) electrons. The number of hydrogen-bond acceptors (Lipinski definition) is 8. The number of carbonyl (C=O) groups excluding carboxylic acids is 2. The highest BCUT2D eigenvalue weighted by Crippen LogP contribution is 2.28. The number of halogens is 3. The first-order chi connectivity index (χ1) is 19.7. The molecule has 1 unspecified atom stereocenters. The quantitative estimate of drug-likeness (QED) is 0.309. The molecule has 42 heavy (non-hydrogen) atoms. The summed E-state index contributed by atoms with van der Waals surface area (Å²) in [5, 5.41) is 16.5. The number of hydrogen-bond donors (Lipinski definition) is 4. The zero-order valence-corrected chi connectivity index (χ0v) is 23.9. The highest BCUT2D eigenvalue weighted by atomic mass is 32.2. The minimum Gasteiger partial charge on any atom is -0.475 e. The van der Waals surface area contributed by atoms with E-state index in [1.54, 1.807) is 24.3 Å². The molecule has 1 aromatic carbocycles. The van der Waals surface area contributed by atoms with E-state index in [1.807, 2.05) is 0 Å². The van der Waals surface area contributed by atoms with Gasteiger partial charge in [0.1, 0.15) is 0 Å². The molecule has 3 heterocycles. The Hall–Kier alpha value is -3.05. The van der Waals surface area contributed by atoms with Gasteiger partial charge >= 0.3 is 12.1 Å². The fourth-order valence-electron chi connectivity index (χ4n) is 4.67. The van der Waals surface area contributed by atoms with Crippen molar-refractivity contribution in [2.24, 2.45) is 5.41 Å². The predicted molar refractivity (Wildman–Crippen MR) is 143 cm³/mol. The third kappa shape index (κ3) is 8.50. The van der Waals surface area contributed by atoms with E-state index >= 15 is 0 Å². The molecular weight excluding hydrogens is 585 g/mol. The first-order valence-electron chi connectivity index (χ1n) is 13.2. The van der Waals surface area contributed by atoms with Gasteiger partial charge in [0.2, 0.25) is 15.9 Å². The van der Waals surface area contributed by atoms with E-state index < -0.39 is 33.1 Å². The van der Waals surface area contributed by atoms with Crippen molar-refractivity contribution < 1.29 is 50.6 Å². The molecule has 3 aliphatic heterocycles. The number of carbonyl (C=O) groups is 3. The zero-order chi connectivity index (χ0) is 31.0. The van der Waals surface area contributed by atoms with Crippen LogP contribution in [0.4, 0.5) is 13.2 Å². The lowest BCUT2D eigenvalue weighted by molar-refractivity contribution is -0.192. The normalized spacial score (nSPS) is 26.2. The molecule has 234 valence electrons. The van der Waals surface area contributed by atoms with E-state index in [1.165, 1.54) is 23.5 Å². The third-order valence-corrected chi connectivity index (χ3v) is 9.13. The van der Waals surface area contributed by atoms with Gasteiger partial charge in [-0.15, -0.1) is 0 Å². The van der Waals surface area contributed by atoms with Crippen LogP contribution in [0.5, 0.6) is 0 Å². The zero-order valence-electron chi connectivity index (χ0n) is 23.0. The SMILES string of the molecule is CN1C/C=C\COCC2(CCNC2)C(=O)NCC2(CCOCC2)NC(=O)c2cccc(c2)S1(=O)=O.O=C(O)C(F)(F)F. The van der Waals surface area contributed by atoms with Gasteiger partial charge in [-0.3, -0.25) is 9.59 Å². The molecule has 2 spiro atoms. The number of alkyl halides is 3. The molecule has 16 heteroatoms. The average molecular weight is 621 g/mol. The van der Waals surface area contributed by atoms with E-state index in [2.05, 4.69) is 16.0 Å². The van der Waals surface area contributed by atoms with Gasteiger partial charge in [-0.25, -0.2) is 13.2 Å². The maximum Gasteiger partial charge on any atom is 0.490 e. The third-order valence-electron chi connectivity index (χ3n) is 7.31. The number of ether oxygens (including phenoxy) is 2. The van der Waals surface area contributed by atoms with Gasteiger partial charge in [-0.1, -0.05) is 18.2 Å². The lowest BCUT2D eigenvalue weighted by Gasteiger charge is -2.39. The summed E-state index contributed by atoms with van der Waals surface area (Å²) in [6.07, 6.45) is 0.104. The van der Waals surface area contributed by atoms with Crippen LogP contribution in [0.3, 0.4) is 0 Å². The van der Waals surface area contributed by atoms with Crippen LogP contribution in [-0.2, 0) is 29.1 Å². The summed E-state index contributed by atoms with van der Waals surface area (Å²) in [7, 11) is -2.29. The van der Waals surface area contributed by atoms with Gasteiger partial charge in [0.05, 0.1) is 29.1 Å². The molecule has 1 aromatic rings. The molecule has 2 bridgehead atoms. The van der Waals surface area contributed by atoms with E-state index in [0.29, 0.717) is 39.0 Å². The largest absolute Gasteiger partial charge is 0.490 e. The number of amides is 2. The number of rotatable bonds is 0. The fraction of sp³-hybridized carbons (Fsp3) is 0.577. The second-order valence-electron chi connectivity index (χ2n) is 10.3. The Kier molecular flexibility index (Phi) is 11.1. The van der Waals surface area contributed by atoms with Crippen molar-refractivity contribution in [2.75, 3.05) is 59.7 Å². The Morgan fingerprint density at radius 1 is 1.07 bits per heavy atom. The number of nitrogens with zero attached hydrogens (tertiary/aromatic N) is 1. The topological polar surface area (TPSA) is 163 Å².